The van der Waals surface area contributed by atoms with Crippen molar-refractivity contribution >= 4 is 18.6 Å². The predicted molar refractivity (Wildman–Crippen MR) is 75.5 cm³/mol. The quantitative estimate of drug-likeness (QED) is 0.564. The maximum atomic E-state index is 11.6. The Labute approximate surface area is 121 Å². The lowest BCUT2D eigenvalue weighted by Crippen LogP contribution is -2.33. The third-order valence-electron chi connectivity index (χ3n) is 2.95. The molecule has 0 saturated carbocycles. The van der Waals surface area contributed by atoms with E-state index in [1.165, 1.54) is 18.0 Å². The Kier molecular flexibility index (Phi) is 4.61. The number of esters is 1. The first kappa shape index (κ1) is 15.1. The SMILES string of the molecule is COC(=O)c1nn(Cc2ccc(OC)cc2)cc1B(O)O. The fraction of sp³-hybridized carbons (Fsp3) is 0.231. The van der Waals surface area contributed by atoms with Gasteiger partial charge in [0.2, 0.25) is 0 Å². The van der Waals surface area contributed by atoms with Crippen molar-refractivity contribution in [2.75, 3.05) is 14.2 Å². The average molecular weight is 290 g/mol. The van der Waals surface area contributed by atoms with Crippen molar-refractivity contribution in [3.8, 4) is 5.75 Å². The molecule has 2 rings (SSSR count). The second-order valence-corrected chi connectivity index (χ2v) is 4.34. The van der Waals surface area contributed by atoms with Crippen LogP contribution in [0.25, 0.3) is 0 Å². The third-order valence-corrected chi connectivity index (χ3v) is 2.95. The van der Waals surface area contributed by atoms with Crippen molar-refractivity contribution in [3.63, 3.8) is 0 Å². The molecule has 110 valence electrons. The van der Waals surface area contributed by atoms with Gasteiger partial charge in [0.05, 0.1) is 20.8 Å². The van der Waals surface area contributed by atoms with Crippen LogP contribution in [0.3, 0.4) is 0 Å². The van der Waals surface area contributed by atoms with E-state index in [9.17, 15) is 14.8 Å². The van der Waals surface area contributed by atoms with Gasteiger partial charge >= 0.3 is 13.1 Å². The minimum Gasteiger partial charge on any atom is -0.497 e. The highest BCUT2D eigenvalue weighted by Gasteiger charge is 2.25. The van der Waals surface area contributed by atoms with Gasteiger partial charge in [-0.2, -0.15) is 5.10 Å². The number of rotatable bonds is 5. The van der Waals surface area contributed by atoms with Gasteiger partial charge in [-0.1, -0.05) is 12.1 Å². The molecule has 0 radical (unpaired) electrons. The topological polar surface area (TPSA) is 93.8 Å². The molecule has 0 saturated heterocycles. The predicted octanol–water partition coefficient (Wildman–Crippen LogP) is -0.594. The van der Waals surface area contributed by atoms with Gasteiger partial charge in [0.1, 0.15) is 5.75 Å². The van der Waals surface area contributed by atoms with Crippen LogP contribution in [0.1, 0.15) is 16.1 Å². The normalized spacial score (nSPS) is 10.3. The zero-order valence-electron chi connectivity index (χ0n) is 11.7. The lowest BCUT2D eigenvalue weighted by molar-refractivity contribution is 0.0594. The van der Waals surface area contributed by atoms with Crippen LogP contribution >= 0.6 is 0 Å². The zero-order chi connectivity index (χ0) is 15.4. The molecule has 0 bridgehead atoms. The van der Waals surface area contributed by atoms with Crippen molar-refractivity contribution in [2.24, 2.45) is 0 Å². The van der Waals surface area contributed by atoms with Crippen molar-refractivity contribution in [1.82, 2.24) is 9.78 Å². The maximum absolute atomic E-state index is 11.6. The Balaban J connectivity index is 2.25. The number of hydrogen-bond acceptors (Lipinski definition) is 6. The number of benzene rings is 1. The van der Waals surface area contributed by atoms with Gasteiger partial charge in [-0.3, -0.25) is 4.68 Å². The number of methoxy groups -OCH3 is 2. The van der Waals surface area contributed by atoms with Gasteiger partial charge in [0, 0.05) is 11.7 Å². The molecular formula is C13H15BN2O5. The molecule has 2 aromatic rings. The van der Waals surface area contributed by atoms with Gasteiger partial charge in [-0.05, 0) is 17.7 Å². The third kappa shape index (κ3) is 3.42. The molecule has 1 aromatic heterocycles. The largest absolute Gasteiger partial charge is 0.497 e. The molecule has 0 spiro atoms. The monoisotopic (exact) mass is 290 g/mol. The average Bonchev–Trinajstić information content (AvgIpc) is 2.91. The van der Waals surface area contributed by atoms with Crippen molar-refractivity contribution in [1.29, 1.82) is 0 Å². The van der Waals surface area contributed by atoms with E-state index in [0.29, 0.717) is 6.54 Å². The lowest BCUT2D eigenvalue weighted by Gasteiger charge is -2.03. The summed E-state index contributed by atoms with van der Waals surface area (Å²) < 4.78 is 11.1. The molecule has 21 heavy (non-hydrogen) atoms. The van der Waals surface area contributed by atoms with Crippen molar-refractivity contribution < 1.29 is 24.3 Å². The fourth-order valence-corrected chi connectivity index (χ4v) is 1.88. The summed E-state index contributed by atoms with van der Waals surface area (Å²) in [7, 11) is 1.00. The Morgan fingerprint density at radius 2 is 1.95 bits per heavy atom. The van der Waals surface area contributed by atoms with E-state index in [2.05, 4.69) is 9.84 Å². The molecule has 0 fully saturated rings. The van der Waals surface area contributed by atoms with E-state index in [-0.39, 0.29) is 11.2 Å². The van der Waals surface area contributed by atoms with Gasteiger partial charge in [0.25, 0.3) is 0 Å². The number of ether oxygens (including phenoxy) is 2. The van der Waals surface area contributed by atoms with Crippen LogP contribution in [-0.4, -0.2) is 47.1 Å². The maximum Gasteiger partial charge on any atom is 0.492 e. The summed E-state index contributed by atoms with van der Waals surface area (Å²) in [6, 6.07) is 7.32. The minimum atomic E-state index is -1.79. The number of aromatic nitrogens is 2. The summed E-state index contributed by atoms with van der Waals surface area (Å²) >= 11 is 0. The Bertz CT molecular complexity index is 624. The van der Waals surface area contributed by atoms with Gasteiger partial charge < -0.3 is 19.5 Å². The van der Waals surface area contributed by atoms with E-state index < -0.39 is 13.1 Å². The van der Waals surface area contributed by atoms with Crippen LogP contribution in [0.5, 0.6) is 5.75 Å². The number of hydrogen-bond donors (Lipinski definition) is 2. The molecule has 0 aliphatic heterocycles. The van der Waals surface area contributed by atoms with Crippen LogP contribution < -0.4 is 10.2 Å². The van der Waals surface area contributed by atoms with Gasteiger partial charge in [0.15, 0.2) is 5.69 Å². The first-order valence-electron chi connectivity index (χ1n) is 6.20. The molecule has 0 atom stereocenters. The molecule has 0 unspecified atom stereocenters. The Morgan fingerprint density at radius 1 is 1.29 bits per heavy atom. The molecule has 0 amide bonds. The number of carbonyl (C=O) groups excluding carboxylic acids is 1. The highest BCUT2D eigenvalue weighted by Crippen LogP contribution is 2.12. The van der Waals surface area contributed by atoms with E-state index >= 15 is 0 Å². The van der Waals surface area contributed by atoms with E-state index in [1.807, 2.05) is 24.3 Å². The molecular weight excluding hydrogens is 275 g/mol. The molecule has 1 aromatic carbocycles. The standard InChI is InChI=1S/C13H15BN2O5/c1-20-10-5-3-9(4-6-10)7-16-8-11(14(18)19)12(15-16)13(17)21-2/h3-6,8,18-19H,7H2,1-2H3. The summed E-state index contributed by atoms with van der Waals surface area (Å²) in [5, 5.41) is 22.6. The zero-order valence-corrected chi connectivity index (χ0v) is 11.7. The smallest absolute Gasteiger partial charge is 0.492 e. The molecule has 0 aliphatic rings. The Hall–Kier alpha value is -2.32. The second-order valence-electron chi connectivity index (χ2n) is 4.34. The summed E-state index contributed by atoms with van der Waals surface area (Å²) in [5.74, 6) is 0.0208. The summed E-state index contributed by atoms with van der Waals surface area (Å²) in [5.41, 5.74) is 0.824. The molecule has 7 nitrogen and oxygen atoms in total. The fourth-order valence-electron chi connectivity index (χ4n) is 1.88. The lowest BCUT2D eigenvalue weighted by atomic mass is 9.80. The van der Waals surface area contributed by atoms with E-state index in [4.69, 9.17) is 4.74 Å². The Morgan fingerprint density at radius 3 is 2.48 bits per heavy atom. The van der Waals surface area contributed by atoms with Crippen LogP contribution in [0, 0.1) is 0 Å². The summed E-state index contributed by atoms with van der Waals surface area (Å²) in [4.78, 5) is 11.6. The second kappa shape index (κ2) is 6.42. The summed E-state index contributed by atoms with van der Waals surface area (Å²) in [6.45, 7) is 0.376. The molecule has 2 N–H and O–H groups in total. The molecule has 0 aliphatic carbocycles. The van der Waals surface area contributed by atoms with Crippen LogP contribution in [-0.2, 0) is 11.3 Å². The van der Waals surface area contributed by atoms with Crippen LogP contribution in [0.15, 0.2) is 30.5 Å². The first-order valence-corrected chi connectivity index (χ1v) is 6.20. The molecule has 1 heterocycles. The number of nitrogens with zero attached hydrogens (tertiary/aromatic N) is 2. The van der Waals surface area contributed by atoms with E-state index in [1.54, 1.807) is 7.11 Å². The first-order chi connectivity index (χ1) is 10.0. The van der Waals surface area contributed by atoms with Gasteiger partial charge in [-0.25, -0.2) is 4.79 Å². The van der Waals surface area contributed by atoms with Crippen LogP contribution in [0.2, 0.25) is 0 Å². The minimum absolute atomic E-state index is 0.00959. The number of carbonyl (C=O) groups is 1. The van der Waals surface area contributed by atoms with Gasteiger partial charge in [-0.15, -0.1) is 0 Å². The highest BCUT2D eigenvalue weighted by molar-refractivity contribution is 6.60. The van der Waals surface area contributed by atoms with E-state index in [0.717, 1.165) is 11.3 Å². The highest BCUT2D eigenvalue weighted by atomic mass is 16.5. The summed E-state index contributed by atoms with van der Waals surface area (Å²) in [6.07, 6.45) is 1.40. The molecule has 8 heteroatoms. The van der Waals surface area contributed by atoms with Crippen LogP contribution in [0.4, 0.5) is 0 Å². The van der Waals surface area contributed by atoms with Crippen molar-refractivity contribution in [2.45, 2.75) is 6.54 Å². The van der Waals surface area contributed by atoms with Crippen molar-refractivity contribution in [3.05, 3.63) is 41.7 Å².